The fourth-order valence-electron chi connectivity index (χ4n) is 3.21. The lowest BCUT2D eigenvalue weighted by Crippen LogP contribution is -2.54. The molecule has 1 unspecified atom stereocenters. The van der Waals surface area contributed by atoms with Crippen LogP contribution < -0.4 is 11.1 Å². The van der Waals surface area contributed by atoms with Gasteiger partial charge in [-0.05, 0) is 35.4 Å². The zero-order valence-electron chi connectivity index (χ0n) is 12.9. The summed E-state index contributed by atoms with van der Waals surface area (Å²) in [6.45, 7) is 2.28. The van der Waals surface area contributed by atoms with E-state index in [1.165, 1.54) is 6.07 Å². The largest absolute Gasteiger partial charge is 0.284 e. The standard InChI is InChI=1S/C17H17ClFN5/c18-14-6-4-13(5-7-14)16-17-20-21-22-24(17)9-8-23(16)11-12-2-1-3-15(19)10-12/h1-7,10,16,21-22H,8-9,11H2. The minimum Gasteiger partial charge on any atom is -0.284 e. The maximum absolute atomic E-state index is 13.5. The summed E-state index contributed by atoms with van der Waals surface area (Å²) >= 11 is 6.02. The summed E-state index contributed by atoms with van der Waals surface area (Å²) in [5, 5.41) is 7.08. The van der Waals surface area contributed by atoms with Crippen LogP contribution in [0.2, 0.25) is 5.02 Å². The van der Waals surface area contributed by atoms with E-state index in [1.54, 1.807) is 12.1 Å². The first kappa shape index (κ1) is 15.4. The van der Waals surface area contributed by atoms with Crippen LogP contribution in [-0.4, -0.2) is 28.8 Å². The van der Waals surface area contributed by atoms with E-state index in [0.717, 1.165) is 30.1 Å². The molecule has 7 heteroatoms. The molecule has 0 bridgehead atoms. The van der Waals surface area contributed by atoms with Gasteiger partial charge in [-0.1, -0.05) is 35.9 Å². The number of benzene rings is 2. The predicted octanol–water partition coefficient (Wildman–Crippen LogP) is 2.67. The molecule has 4 rings (SSSR count). The lowest BCUT2D eigenvalue weighted by molar-refractivity contribution is 0.145. The minimum atomic E-state index is -0.212. The van der Waals surface area contributed by atoms with Crippen LogP contribution in [0.25, 0.3) is 0 Å². The van der Waals surface area contributed by atoms with Crippen LogP contribution in [0.5, 0.6) is 0 Å². The van der Waals surface area contributed by atoms with Crippen LogP contribution in [0.15, 0.2) is 53.6 Å². The van der Waals surface area contributed by atoms with E-state index in [2.05, 4.69) is 21.1 Å². The molecule has 0 saturated carbocycles. The van der Waals surface area contributed by atoms with Crippen LogP contribution >= 0.6 is 11.6 Å². The Hall–Kier alpha value is -2.15. The van der Waals surface area contributed by atoms with Gasteiger partial charge >= 0.3 is 0 Å². The zero-order chi connectivity index (χ0) is 16.5. The molecule has 0 amide bonds. The van der Waals surface area contributed by atoms with Crippen molar-refractivity contribution in [1.82, 2.24) is 21.0 Å². The van der Waals surface area contributed by atoms with E-state index in [0.29, 0.717) is 11.6 Å². The van der Waals surface area contributed by atoms with E-state index < -0.39 is 0 Å². The average molecular weight is 346 g/mol. The van der Waals surface area contributed by atoms with Crippen LogP contribution in [0.4, 0.5) is 4.39 Å². The van der Waals surface area contributed by atoms with Gasteiger partial charge in [-0.2, -0.15) is 0 Å². The van der Waals surface area contributed by atoms with E-state index in [-0.39, 0.29) is 11.9 Å². The molecule has 1 saturated heterocycles. The van der Waals surface area contributed by atoms with Crippen molar-refractivity contribution in [2.24, 2.45) is 5.10 Å². The molecular formula is C17H17ClFN5. The average Bonchev–Trinajstić information content (AvgIpc) is 3.04. The Morgan fingerprint density at radius 2 is 2.00 bits per heavy atom. The summed E-state index contributed by atoms with van der Waals surface area (Å²) in [6.07, 6.45) is 0. The number of nitrogens with one attached hydrogen (secondary N) is 2. The molecule has 0 spiro atoms. The highest BCUT2D eigenvalue weighted by atomic mass is 35.5. The maximum Gasteiger partial charge on any atom is 0.164 e. The van der Waals surface area contributed by atoms with Crippen molar-refractivity contribution >= 4 is 17.4 Å². The quantitative estimate of drug-likeness (QED) is 0.897. The van der Waals surface area contributed by atoms with Crippen molar-refractivity contribution in [3.63, 3.8) is 0 Å². The van der Waals surface area contributed by atoms with Crippen molar-refractivity contribution in [3.05, 3.63) is 70.5 Å². The van der Waals surface area contributed by atoms with Crippen molar-refractivity contribution in [2.75, 3.05) is 13.1 Å². The highest BCUT2D eigenvalue weighted by molar-refractivity contribution is 6.30. The number of hydrogen-bond acceptors (Lipinski definition) is 5. The summed E-state index contributed by atoms with van der Waals surface area (Å²) in [5.41, 5.74) is 7.90. The second-order valence-corrected chi connectivity index (χ2v) is 6.34. The van der Waals surface area contributed by atoms with Crippen LogP contribution in [0, 0.1) is 5.82 Å². The Balaban J connectivity index is 1.67. The van der Waals surface area contributed by atoms with Crippen LogP contribution in [0.3, 0.4) is 0 Å². The molecule has 1 fully saturated rings. The summed E-state index contributed by atoms with van der Waals surface area (Å²) < 4.78 is 13.5. The van der Waals surface area contributed by atoms with Gasteiger partial charge in [0, 0.05) is 18.1 Å². The Labute approximate surface area is 144 Å². The zero-order valence-corrected chi connectivity index (χ0v) is 13.7. The molecule has 1 atom stereocenters. The number of halogens is 2. The molecule has 2 N–H and O–H groups in total. The molecule has 0 aliphatic carbocycles. The molecule has 24 heavy (non-hydrogen) atoms. The highest BCUT2D eigenvalue weighted by Crippen LogP contribution is 2.30. The number of hydrazine groups is 2. The van der Waals surface area contributed by atoms with Gasteiger partial charge in [0.25, 0.3) is 0 Å². The van der Waals surface area contributed by atoms with Crippen molar-refractivity contribution < 1.29 is 4.39 Å². The van der Waals surface area contributed by atoms with Gasteiger partial charge in [0.1, 0.15) is 5.82 Å². The van der Waals surface area contributed by atoms with Crippen molar-refractivity contribution in [1.29, 1.82) is 0 Å². The Morgan fingerprint density at radius 1 is 1.17 bits per heavy atom. The molecule has 2 heterocycles. The summed E-state index contributed by atoms with van der Waals surface area (Å²) in [4.78, 5) is 2.29. The number of fused-ring (bicyclic) bond motifs is 1. The van der Waals surface area contributed by atoms with Crippen LogP contribution in [-0.2, 0) is 6.54 Å². The summed E-state index contributed by atoms with van der Waals surface area (Å²) in [5.74, 6) is 0.690. The third-order valence-electron chi connectivity index (χ3n) is 4.31. The number of amidine groups is 1. The molecule has 2 aromatic rings. The number of piperazine rings is 1. The second kappa shape index (κ2) is 6.39. The van der Waals surface area contributed by atoms with Gasteiger partial charge in [0.2, 0.25) is 0 Å². The first-order chi connectivity index (χ1) is 11.7. The van der Waals surface area contributed by atoms with E-state index in [1.807, 2.05) is 35.3 Å². The van der Waals surface area contributed by atoms with Crippen molar-refractivity contribution in [3.8, 4) is 0 Å². The van der Waals surface area contributed by atoms with Gasteiger partial charge < -0.3 is 0 Å². The third-order valence-corrected chi connectivity index (χ3v) is 4.56. The maximum atomic E-state index is 13.5. The topological polar surface area (TPSA) is 42.9 Å². The number of hydrogen-bond donors (Lipinski definition) is 2. The molecule has 0 radical (unpaired) electrons. The normalized spacial score (nSPS) is 20.5. The molecule has 2 aliphatic heterocycles. The SMILES string of the molecule is Fc1cccc(CN2CCN3NNN=C3C2c2ccc(Cl)cc2)c1. The molecular weight excluding hydrogens is 329 g/mol. The molecule has 5 nitrogen and oxygen atoms in total. The lowest BCUT2D eigenvalue weighted by Gasteiger charge is -2.40. The van der Waals surface area contributed by atoms with E-state index in [4.69, 9.17) is 11.6 Å². The van der Waals surface area contributed by atoms with E-state index in [9.17, 15) is 4.39 Å². The smallest absolute Gasteiger partial charge is 0.164 e. The minimum absolute atomic E-state index is 0.0261. The fourth-order valence-corrected chi connectivity index (χ4v) is 3.33. The molecule has 2 aromatic carbocycles. The van der Waals surface area contributed by atoms with Gasteiger partial charge in [-0.25, -0.2) is 9.93 Å². The highest BCUT2D eigenvalue weighted by Gasteiger charge is 2.36. The first-order valence-electron chi connectivity index (χ1n) is 7.80. The molecule has 124 valence electrons. The lowest BCUT2D eigenvalue weighted by atomic mass is 10.0. The second-order valence-electron chi connectivity index (χ2n) is 5.90. The van der Waals surface area contributed by atoms with Crippen LogP contribution in [0.1, 0.15) is 17.2 Å². The fraction of sp³-hybridized carbons (Fsp3) is 0.235. The van der Waals surface area contributed by atoms with Crippen molar-refractivity contribution in [2.45, 2.75) is 12.6 Å². The first-order valence-corrected chi connectivity index (χ1v) is 8.18. The predicted molar refractivity (Wildman–Crippen MR) is 91.4 cm³/mol. The third kappa shape index (κ3) is 2.96. The van der Waals surface area contributed by atoms with Gasteiger partial charge in [0.05, 0.1) is 12.6 Å². The molecule has 0 aromatic heterocycles. The Bertz CT molecular complexity index is 764. The van der Waals surface area contributed by atoms with Gasteiger partial charge in [-0.15, -0.1) is 10.6 Å². The summed E-state index contributed by atoms with van der Waals surface area (Å²) in [6, 6.07) is 14.5. The Morgan fingerprint density at radius 3 is 2.79 bits per heavy atom. The monoisotopic (exact) mass is 345 g/mol. The number of hydrazone groups is 1. The van der Waals surface area contributed by atoms with Gasteiger partial charge in [0.15, 0.2) is 5.84 Å². The summed E-state index contributed by atoms with van der Waals surface area (Å²) in [7, 11) is 0. The van der Waals surface area contributed by atoms with E-state index >= 15 is 0 Å². The number of rotatable bonds is 3. The molecule has 2 aliphatic rings. The Kier molecular flexibility index (Phi) is 4.10. The number of nitrogens with zero attached hydrogens (tertiary/aromatic N) is 3. The van der Waals surface area contributed by atoms with Gasteiger partial charge in [-0.3, -0.25) is 9.91 Å².